The van der Waals surface area contributed by atoms with Gasteiger partial charge in [0.05, 0.1) is 0 Å². The zero-order valence-corrected chi connectivity index (χ0v) is 17.9. The predicted molar refractivity (Wildman–Crippen MR) is 102 cm³/mol. The highest BCUT2D eigenvalue weighted by molar-refractivity contribution is 5.79. The van der Waals surface area contributed by atoms with E-state index in [-0.39, 0.29) is 0 Å². The number of aliphatic hydroxyl groups is 2. The van der Waals surface area contributed by atoms with Gasteiger partial charge in [-0.25, -0.2) is 0 Å². The topological polar surface area (TPSA) is 92.5 Å². The summed E-state index contributed by atoms with van der Waals surface area (Å²) < 4.78 is 162. The van der Waals surface area contributed by atoms with Crippen molar-refractivity contribution in [1.82, 2.24) is 0 Å². The Morgan fingerprint density at radius 1 is 0.500 bits per heavy atom. The van der Waals surface area contributed by atoms with Crippen molar-refractivity contribution in [3.8, 4) is 11.1 Å². The normalized spacial score (nSPS) is 14.3. The molecule has 2 aromatic carbocycles. The Kier molecular flexibility index (Phi) is 6.79. The fraction of sp³-hybridized carbons (Fsp3) is 0.400. The standard InChI is InChI=1S/C20H16F12N2O2/c1-7-9(3-5-11(33)13(7)15(35,17(21,22)23)18(24,25)26)10-4-6-12(34)14(8(10)2)16(36,19(27,28)29)20(30,31)32/h3-6,35-36H,33-34H2,1-2H3. The maximum absolute atomic E-state index is 13.5. The fourth-order valence-corrected chi connectivity index (χ4v) is 3.90. The molecule has 0 spiro atoms. The predicted octanol–water partition coefficient (Wildman–Crippen LogP) is 5.76. The second-order valence-corrected chi connectivity index (χ2v) is 7.82. The summed E-state index contributed by atoms with van der Waals surface area (Å²) in [4.78, 5) is 0. The SMILES string of the molecule is Cc1c(-c2ccc(N)c(C(O)(C(F)(F)F)C(F)(F)F)c2C)ccc(N)c1C(O)(C(F)(F)F)C(F)(F)F. The number of hydrogen-bond acceptors (Lipinski definition) is 4. The van der Waals surface area contributed by atoms with Gasteiger partial charge in [-0.15, -0.1) is 0 Å². The summed E-state index contributed by atoms with van der Waals surface area (Å²) in [7, 11) is 0. The third-order valence-corrected chi connectivity index (χ3v) is 5.65. The van der Waals surface area contributed by atoms with Crippen molar-refractivity contribution in [2.75, 3.05) is 11.5 Å². The first-order chi connectivity index (χ1) is 15.9. The average molecular weight is 544 g/mol. The summed E-state index contributed by atoms with van der Waals surface area (Å²) in [6.07, 6.45) is -25.6. The van der Waals surface area contributed by atoms with Gasteiger partial charge in [0, 0.05) is 22.5 Å². The molecule has 0 unspecified atom stereocenters. The smallest absolute Gasteiger partial charge is 0.398 e. The van der Waals surface area contributed by atoms with Crippen LogP contribution in [0.15, 0.2) is 24.3 Å². The molecule has 0 aliphatic rings. The zero-order chi connectivity index (χ0) is 28.4. The second-order valence-electron chi connectivity index (χ2n) is 7.82. The Hall–Kier alpha value is -2.88. The first-order valence-electron chi connectivity index (χ1n) is 9.36. The second kappa shape index (κ2) is 8.33. The molecule has 0 heterocycles. The van der Waals surface area contributed by atoms with E-state index in [0.717, 1.165) is 12.1 Å². The molecule has 202 valence electrons. The molecule has 0 atom stereocenters. The Bertz CT molecular complexity index is 1040. The van der Waals surface area contributed by atoms with Crippen LogP contribution in [0.1, 0.15) is 22.3 Å². The van der Waals surface area contributed by atoms with Crippen LogP contribution in [0.5, 0.6) is 0 Å². The Morgan fingerprint density at radius 2 is 0.722 bits per heavy atom. The van der Waals surface area contributed by atoms with Gasteiger partial charge in [0.1, 0.15) is 0 Å². The van der Waals surface area contributed by atoms with Gasteiger partial charge in [-0.05, 0) is 48.2 Å². The number of alkyl halides is 12. The minimum atomic E-state index is -6.39. The molecule has 0 bridgehead atoms. The first-order valence-corrected chi connectivity index (χ1v) is 9.36. The van der Waals surface area contributed by atoms with Gasteiger partial charge in [0.2, 0.25) is 0 Å². The van der Waals surface area contributed by atoms with Crippen molar-refractivity contribution in [2.45, 2.75) is 49.8 Å². The molecule has 2 aromatic rings. The van der Waals surface area contributed by atoms with E-state index in [2.05, 4.69) is 0 Å². The van der Waals surface area contributed by atoms with E-state index in [9.17, 15) is 62.9 Å². The van der Waals surface area contributed by atoms with Gasteiger partial charge < -0.3 is 21.7 Å². The summed E-state index contributed by atoms with van der Waals surface area (Å²) in [5, 5.41) is 19.6. The Labute approximate surface area is 194 Å². The summed E-state index contributed by atoms with van der Waals surface area (Å²) >= 11 is 0. The first kappa shape index (κ1) is 29.4. The molecule has 0 aliphatic carbocycles. The maximum atomic E-state index is 13.5. The number of benzene rings is 2. The summed E-state index contributed by atoms with van der Waals surface area (Å²) in [5.74, 6) is 0. The van der Waals surface area contributed by atoms with E-state index in [4.69, 9.17) is 11.5 Å². The van der Waals surface area contributed by atoms with Crippen LogP contribution < -0.4 is 11.5 Å². The van der Waals surface area contributed by atoms with Crippen LogP contribution in [-0.2, 0) is 11.2 Å². The van der Waals surface area contributed by atoms with Crippen molar-refractivity contribution in [3.05, 3.63) is 46.5 Å². The minimum absolute atomic E-state index is 0.454. The minimum Gasteiger partial charge on any atom is -0.398 e. The molecule has 2 rings (SSSR count). The van der Waals surface area contributed by atoms with Crippen LogP contribution in [-0.4, -0.2) is 34.9 Å². The van der Waals surface area contributed by atoms with E-state index in [1.165, 1.54) is 0 Å². The van der Waals surface area contributed by atoms with E-state index < -0.39 is 80.7 Å². The van der Waals surface area contributed by atoms with Gasteiger partial charge >= 0.3 is 24.7 Å². The zero-order valence-electron chi connectivity index (χ0n) is 17.9. The highest BCUT2D eigenvalue weighted by Gasteiger charge is 2.73. The number of nitrogens with two attached hydrogens (primary N) is 2. The molecule has 0 fully saturated rings. The number of rotatable bonds is 3. The van der Waals surface area contributed by atoms with Crippen molar-refractivity contribution in [1.29, 1.82) is 0 Å². The third kappa shape index (κ3) is 4.09. The van der Waals surface area contributed by atoms with Crippen LogP contribution in [0.3, 0.4) is 0 Å². The van der Waals surface area contributed by atoms with Crippen LogP contribution in [0.25, 0.3) is 11.1 Å². The molecule has 0 saturated carbocycles. The molecule has 0 saturated heterocycles. The molecular formula is C20H16F12N2O2. The van der Waals surface area contributed by atoms with E-state index in [1.54, 1.807) is 0 Å². The molecule has 4 nitrogen and oxygen atoms in total. The summed E-state index contributed by atoms with van der Waals surface area (Å²) in [6, 6.07) is 2.36. The molecule has 6 N–H and O–H groups in total. The molecular weight excluding hydrogens is 528 g/mol. The summed E-state index contributed by atoms with van der Waals surface area (Å²) in [6.45, 7) is 1.19. The van der Waals surface area contributed by atoms with Crippen LogP contribution in [0, 0.1) is 13.8 Å². The van der Waals surface area contributed by atoms with Crippen LogP contribution >= 0.6 is 0 Å². The Morgan fingerprint density at radius 3 is 0.917 bits per heavy atom. The number of nitrogen functional groups attached to an aromatic ring is 2. The van der Waals surface area contributed by atoms with Crippen molar-refractivity contribution in [3.63, 3.8) is 0 Å². The molecule has 16 heteroatoms. The van der Waals surface area contributed by atoms with Crippen molar-refractivity contribution in [2.24, 2.45) is 0 Å². The lowest BCUT2D eigenvalue weighted by Crippen LogP contribution is -2.54. The van der Waals surface area contributed by atoms with Crippen LogP contribution in [0.2, 0.25) is 0 Å². The van der Waals surface area contributed by atoms with Gasteiger partial charge in [-0.3, -0.25) is 0 Å². The highest BCUT2D eigenvalue weighted by Crippen LogP contribution is 2.55. The molecule has 0 radical (unpaired) electrons. The number of hydrogen-bond donors (Lipinski definition) is 4. The molecule has 0 aliphatic heterocycles. The van der Waals surface area contributed by atoms with Crippen molar-refractivity contribution < 1.29 is 62.9 Å². The van der Waals surface area contributed by atoms with Gasteiger partial charge in [0.25, 0.3) is 11.2 Å². The average Bonchev–Trinajstić information content (AvgIpc) is 2.65. The van der Waals surface area contributed by atoms with E-state index >= 15 is 0 Å². The van der Waals surface area contributed by atoms with E-state index in [1.807, 2.05) is 0 Å². The van der Waals surface area contributed by atoms with Crippen LogP contribution in [0.4, 0.5) is 64.1 Å². The van der Waals surface area contributed by atoms with Gasteiger partial charge in [-0.1, -0.05) is 12.1 Å². The number of halogens is 12. The van der Waals surface area contributed by atoms with E-state index in [0.29, 0.717) is 26.0 Å². The molecule has 36 heavy (non-hydrogen) atoms. The quantitative estimate of drug-likeness (QED) is 0.292. The largest absolute Gasteiger partial charge is 0.430 e. The fourth-order valence-electron chi connectivity index (χ4n) is 3.90. The lowest BCUT2D eigenvalue weighted by Gasteiger charge is -2.36. The number of anilines is 2. The van der Waals surface area contributed by atoms with Crippen molar-refractivity contribution >= 4 is 11.4 Å². The molecule has 0 amide bonds. The lowest BCUT2D eigenvalue weighted by atomic mass is 9.80. The van der Waals surface area contributed by atoms with Gasteiger partial charge in [0.15, 0.2) is 0 Å². The lowest BCUT2D eigenvalue weighted by molar-refractivity contribution is -0.376. The molecule has 0 aromatic heterocycles. The maximum Gasteiger partial charge on any atom is 0.430 e. The summed E-state index contributed by atoms with van der Waals surface area (Å²) in [5.41, 5.74) is -10.4. The Balaban J connectivity index is 3.04. The highest BCUT2D eigenvalue weighted by atomic mass is 19.4. The third-order valence-electron chi connectivity index (χ3n) is 5.65. The van der Waals surface area contributed by atoms with Gasteiger partial charge in [-0.2, -0.15) is 52.7 Å². The monoisotopic (exact) mass is 544 g/mol.